The summed E-state index contributed by atoms with van der Waals surface area (Å²) in [5, 5.41) is 8.69. The second-order valence-corrected chi connectivity index (χ2v) is 24.5. The predicted octanol–water partition coefficient (Wildman–Crippen LogP) is 12.6. The summed E-state index contributed by atoms with van der Waals surface area (Å²) >= 11 is 1.62. The van der Waals surface area contributed by atoms with Crippen molar-refractivity contribution in [3.63, 3.8) is 0 Å². The Morgan fingerprint density at radius 1 is 0.431 bits per heavy atom. The Kier molecular flexibility index (Phi) is 22.9. The van der Waals surface area contributed by atoms with Gasteiger partial charge < -0.3 is 31.0 Å². The summed E-state index contributed by atoms with van der Waals surface area (Å²) in [6, 6.07) is 43.3. The van der Waals surface area contributed by atoms with E-state index >= 15 is 0 Å². The van der Waals surface area contributed by atoms with Gasteiger partial charge in [-0.3, -0.25) is 0 Å². The fourth-order valence-electron chi connectivity index (χ4n) is 9.81. The molecule has 4 aromatic carbocycles. The summed E-state index contributed by atoms with van der Waals surface area (Å²) < 4.78 is 0. The molecule has 0 unspecified atom stereocenters. The van der Waals surface area contributed by atoms with Gasteiger partial charge in [-0.25, -0.2) is 0 Å². The van der Waals surface area contributed by atoms with Crippen molar-refractivity contribution in [3.8, 4) is 0 Å². The van der Waals surface area contributed by atoms with E-state index in [1.165, 1.54) is 48.8 Å². The zero-order valence-corrected chi connectivity index (χ0v) is 40.8. The van der Waals surface area contributed by atoms with Crippen molar-refractivity contribution >= 4 is 64.5 Å². The summed E-state index contributed by atoms with van der Waals surface area (Å²) in [5.41, 5.74) is 3.68. The van der Waals surface area contributed by atoms with Crippen LogP contribution in [0.1, 0.15) is 96.3 Å². The average molecular weight is 975 g/mol. The molecule has 0 radical (unpaired) electrons. The third-order valence-electron chi connectivity index (χ3n) is 12.4. The number of hydrogen-bond acceptors (Lipinski definition) is 0. The molecule has 314 valence electrons. The molecule has 0 saturated heterocycles. The van der Waals surface area contributed by atoms with Crippen LogP contribution in [0.15, 0.2) is 146 Å². The molecule has 0 nitrogen and oxygen atoms in total. The minimum absolute atomic E-state index is 0. The molecule has 4 fully saturated rings. The molecule has 0 N–H and O–H groups in total. The summed E-state index contributed by atoms with van der Waals surface area (Å²) in [6.07, 6.45) is 41.3. The standard InChI is InChI=1S/C18H33P.2C17H15P.ClH.Fe.Ru.H/c1-4-10-16(11-5-1)19(17-12-6-2-7-13-17)18-14-8-3-9-15-18;2*1-3-9-15(10-4-1)18(17-13-7-8-14-17)16-11-5-2-6-12-16;;;;/h16-18H,1-15H2;2*1-14,18H;1H;;;/q;;-4;;;+1;. The van der Waals surface area contributed by atoms with Crippen LogP contribution in [0.25, 0.3) is 0 Å². The van der Waals surface area contributed by atoms with E-state index in [0.717, 1.165) is 0 Å². The smallest absolute Gasteiger partial charge is 0 e. The van der Waals surface area contributed by atoms with E-state index in [4.69, 9.17) is 0 Å². The number of benzene rings is 4. The molecule has 0 spiro atoms. The zero-order valence-electron chi connectivity index (χ0n) is 34.1. The van der Waals surface area contributed by atoms with Crippen molar-refractivity contribution in [3.05, 3.63) is 171 Å². The molecular weight excluding hydrogens is 910 g/mol. The van der Waals surface area contributed by atoms with E-state index < -0.39 is 15.1 Å². The summed E-state index contributed by atoms with van der Waals surface area (Å²) in [7, 11) is 2.89. The minimum Gasteiger partial charge on any atom is -0.694 e. The summed E-state index contributed by atoms with van der Waals surface area (Å²) in [6.45, 7) is 0. The van der Waals surface area contributed by atoms with Crippen molar-refractivity contribution < 1.29 is 34.4 Å². The topological polar surface area (TPSA) is 0 Å². The van der Waals surface area contributed by atoms with Gasteiger partial charge in [0.05, 0.1) is 17.0 Å². The quantitative estimate of drug-likeness (QED) is 0.0983. The number of halogens is 1. The largest absolute Gasteiger partial charge is 0.694 e. The third kappa shape index (κ3) is 14.5. The van der Waals surface area contributed by atoms with Gasteiger partial charge in [-0.15, -0.1) is 7.55 Å². The fraction of sp³-hybridized carbons (Fsp3) is 0.346. The summed E-state index contributed by atoms with van der Waals surface area (Å²) in [5.74, 6) is 0. The molecule has 0 heterocycles. The van der Waals surface area contributed by atoms with Crippen LogP contribution in [-0.2, 0) is 34.4 Å². The van der Waals surface area contributed by atoms with Crippen LogP contribution in [0.2, 0.25) is 0 Å². The van der Waals surface area contributed by atoms with Crippen LogP contribution in [0.4, 0.5) is 0 Å². The van der Waals surface area contributed by atoms with Crippen LogP contribution in [0, 0.1) is 25.7 Å². The Hall–Kier alpha value is -1.18. The Morgan fingerprint density at radius 2 is 0.724 bits per heavy atom. The predicted molar refractivity (Wildman–Crippen MR) is 263 cm³/mol. The molecule has 5 aliphatic rings. The first-order valence-electron chi connectivity index (χ1n) is 21.8. The Labute approximate surface area is 380 Å². The van der Waals surface area contributed by atoms with Gasteiger partial charge in [0.2, 0.25) is 0 Å². The Bertz CT molecular complexity index is 1700. The normalized spacial score (nSPS) is 18.5. The van der Waals surface area contributed by atoms with Gasteiger partial charge in [0, 0.05) is 25.0 Å². The van der Waals surface area contributed by atoms with Gasteiger partial charge in [0.25, 0.3) is 0 Å². The average Bonchev–Trinajstić information content (AvgIpc) is 4.04. The van der Waals surface area contributed by atoms with E-state index in [9.17, 15) is 0 Å². The van der Waals surface area contributed by atoms with E-state index in [0.29, 0.717) is 0 Å². The van der Waals surface area contributed by atoms with Gasteiger partial charge in [-0.05, 0) is 104 Å². The molecule has 9 rings (SSSR count). The van der Waals surface area contributed by atoms with Crippen molar-refractivity contribution in [1.29, 1.82) is 0 Å². The molecule has 4 saturated carbocycles. The maximum absolute atomic E-state index is 4.61. The van der Waals surface area contributed by atoms with Crippen LogP contribution >= 0.6 is 32.7 Å². The van der Waals surface area contributed by atoms with Crippen molar-refractivity contribution in [2.45, 2.75) is 113 Å². The van der Waals surface area contributed by atoms with E-state index in [1.54, 1.807) is 114 Å². The van der Waals surface area contributed by atoms with Crippen LogP contribution < -0.4 is 21.2 Å². The molecule has 0 bridgehead atoms. The molecule has 0 atom stereocenters. The number of hydrogen-bond donors (Lipinski definition) is 0. The van der Waals surface area contributed by atoms with Gasteiger partial charge in [0.15, 0.2) is 0 Å². The molecule has 5 aliphatic carbocycles. The Balaban J connectivity index is 0.000000161. The molecule has 4 aromatic rings. The molecule has 0 aromatic heterocycles. The molecule has 0 amide bonds. The fourth-order valence-corrected chi connectivity index (χ4v) is 20.2. The second kappa shape index (κ2) is 27.7. The van der Waals surface area contributed by atoms with Crippen LogP contribution in [0.5, 0.6) is 0 Å². The van der Waals surface area contributed by atoms with Crippen molar-refractivity contribution in [2.75, 3.05) is 0 Å². The maximum Gasteiger partial charge on any atom is 0 e. The molecular formula is C52H65ClFeP3Ru-3. The van der Waals surface area contributed by atoms with Crippen LogP contribution in [-0.4, -0.2) is 27.6 Å². The van der Waals surface area contributed by atoms with Crippen molar-refractivity contribution in [2.24, 2.45) is 0 Å². The second-order valence-electron chi connectivity index (χ2n) is 16.1. The number of allylic oxidation sites excluding steroid dienone is 4. The first-order valence-corrected chi connectivity index (χ1v) is 28.9. The SMILES string of the molecule is C1=CC(=[PH](c2ccccc2)c2ccccc2)C=C1.C1CCC([PH+](C2CCCCC2)C2CCCCC2)CC1.[Cl][RuH].[Fe].c1ccc([PH](=C2[CH-][CH-][CH-][CH-]2)c2ccccc2)cc1. The van der Waals surface area contributed by atoms with E-state index in [-0.39, 0.29) is 25.0 Å². The van der Waals surface area contributed by atoms with Crippen molar-refractivity contribution in [1.82, 2.24) is 0 Å². The maximum atomic E-state index is 4.61. The molecule has 6 heteroatoms. The first-order chi connectivity index (χ1) is 28.3. The monoisotopic (exact) mass is 975 g/mol. The number of rotatable bonds is 7. The minimum atomic E-state index is -0.834. The summed E-state index contributed by atoms with van der Waals surface area (Å²) in [4.78, 5) is 0. The molecule has 0 aliphatic heterocycles. The van der Waals surface area contributed by atoms with Gasteiger partial charge in [-0.1, -0.05) is 172 Å². The van der Waals surface area contributed by atoms with E-state index in [1.807, 2.05) is 0 Å². The Morgan fingerprint density at radius 3 is 1.03 bits per heavy atom. The van der Waals surface area contributed by atoms with E-state index in [2.05, 4.69) is 181 Å². The van der Waals surface area contributed by atoms with Crippen LogP contribution in [0.3, 0.4) is 0 Å². The van der Waals surface area contributed by atoms with Gasteiger partial charge >= 0.3 is 27.0 Å². The first kappa shape index (κ1) is 47.9. The third-order valence-corrected chi connectivity index (χ3v) is 22.4. The molecule has 58 heavy (non-hydrogen) atoms. The van der Waals surface area contributed by atoms with Gasteiger partial charge in [0.1, 0.15) is 0 Å². The van der Waals surface area contributed by atoms with Gasteiger partial charge in [-0.2, -0.15) is 0 Å². The zero-order chi connectivity index (χ0) is 39.3.